The molecule has 2 saturated heterocycles. The van der Waals surface area contributed by atoms with Crippen LogP contribution in [0, 0.1) is 11.8 Å². The third-order valence-electron chi connectivity index (χ3n) is 5.42. The molecule has 2 aromatic carbocycles. The molecule has 3 heterocycles. The minimum Gasteiger partial charge on any atom is -0.507 e. The van der Waals surface area contributed by atoms with Gasteiger partial charge in [0.15, 0.2) is 23.0 Å². The molecule has 136 valence electrons. The van der Waals surface area contributed by atoms with Gasteiger partial charge in [-0.05, 0) is 23.8 Å². The van der Waals surface area contributed by atoms with Crippen LogP contribution in [0.4, 0.5) is 0 Å². The summed E-state index contributed by atoms with van der Waals surface area (Å²) in [5.41, 5.74) is 1.46. The fourth-order valence-corrected chi connectivity index (χ4v) is 4.10. The number of hydrogen-bond acceptors (Lipinski definition) is 7. The van der Waals surface area contributed by atoms with E-state index >= 15 is 0 Å². The number of phenolic OH excluding ortho intramolecular Hbond substituents is 3. The Bertz CT molecular complexity index is 865. The highest BCUT2D eigenvalue weighted by Gasteiger charge is 2.49. The van der Waals surface area contributed by atoms with Crippen molar-refractivity contribution in [1.82, 2.24) is 0 Å². The maximum atomic E-state index is 10.4. The summed E-state index contributed by atoms with van der Waals surface area (Å²) >= 11 is 0. The molecule has 2 aromatic rings. The van der Waals surface area contributed by atoms with Crippen LogP contribution >= 0.6 is 0 Å². The molecule has 3 N–H and O–H groups in total. The summed E-state index contributed by atoms with van der Waals surface area (Å²) in [7, 11) is 0. The molecule has 0 unspecified atom stereocenters. The van der Waals surface area contributed by atoms with E-state index in [0.717, 1.165) is 5.56 Å². The lowest BCUT2D eigenvalue weighted by atomic mass is 9.84. The fraction of sp³-hybridized carbons (Fsp3) is 0.368. The molecule has 0 amide bonds. The Morgan fingerprint density at radius 3 is 2.19 bits per heavy atom. The van der Waals surface area contributed by atoms with Crippen molar-refractivity contribution < 1.29 is 34.3 Å². The van der Waals surface area contributed by atoms with Crippen LogP contribution in [-0.2, 0) is 9.47 Å². The van der Waals surface area contributed by atoms with Crippen molar-refractivity contribution in [2.45, 2.75) is 12.2 Å². The van der Waals surface area contributed by atoms with E-state index < -0.39 is 0 Å². The average Bonchev–Trinajstić information content (AvgIpc) is 3.32. The third-order valence-corrected chi connectivity index (χ3v) is 5.42. The van der Waals surface area contributed by atoms with E-state index in [0.29, 0.717) is 30.3 Å². The number of benzene rings is 2. The van der Waals surface area contributed by atoms with Gasteiger partial charge < -0.3 is 34.3 Å². The van der Waals surface area contributed by atoms with Crippen molar-refractivity contribution in [2.75, 3.05) is 20.0 Å². The van der Waals surface area contributed by atoms with E-state index in [1.54, 1.807) is 18.2 Å². The van der Waals surface area contributed by atoms with Gasteiger partial charge in [-0.25, -0.2) is 0 Å². The SMILES string of the molecule is Oc1ccc([C@H]2OC[C@H]3[C@@H]2CO[C@@H]3c2cc3c(cc2O)OCO3)cc1O. The fourth-order valence-electron chi connectivity index (χ4n) is 4.10. The molecule has 5 rings (SSSR count). The molecular formula is C19H18O7. The molecule has 3 aliphatic rings. The van der Waals surface area contributed by atoms with E-state index in [1.165, 1.54) is 12.1 Å². The molecule has 0 spiro atoms. The summed E-state index contributed by atoms with van der Waals surface area (Å²) in [5.74, 6) is 1.08. The van der Waals surface area contributed by atoms with Gasteiger partial charge in [0.1, 0.15) is 5.75 Å². The number of rotatable bonds is 2. The zero-order chi connectivity index (χ0) is 17.8. The summed E-state index contributed by atoms with van der Waals surface area (Å²) in [6.07, 6.45) is -0.530. The molecule has 0 saturated carbocycles. The normalized spacial score (nSPS) is 29.1. The zero-order valence-corrected chi connectivity index (χ0v) is 13.8. The first-order valence-electron chi connectivity index (χ1n) is 8.49. The van der Waals surface area contributed by atoms with Gasteiger partial charge in [-0.2, -0.15) is 0 Å². The lowest BCUT2D eigenvalue weighted by molar-refractivity contribution is 0.0184. The van der Waals surface area contributed by atoms with Gasteiger partial charge in [-0.15, -0.1) is 0 Å². The predicted octanol–water partition coefficient (Wildman–Crippen LogP) is 2.61. The lowest BCUT2D eigenvalue weighted by Crippen LogP contribution is -2.14. The monoisotopic (exact) mass is 358 g/mol. The van der Waals surface area contributed by atoms with E-state index in [1.807, 2.05) is 0 Å². The van der Waals surface area contributed by atoms with Crippen LogP contribution in [0.1, 0.15) is 23.3 Å². The van der Waals surface area contributed by atoms with Gasteiger partial charge in [0.25, 0.3) is 0 Å². The second kappa shape index (κ2) is 5.69. The molecular weight excluding hydrogens is 340 g/mol. The smallest absolute Gasteiger partial charge is 0.231 e. The molecule has 0 aliphatic carbocycles. The van der Waals surface area contributed by atoms with Crippen molar-refractivity contribution in [3.8, 4) is 28.7 Å². The Morgan fingerprint density at radius 1 is 0.731 bits per heavy atom. The van der Waals surface area contributed by atoms with Gasteiger partial charge >= 0.3 is 0 Å². The van der Waals surface area contributed by atoms with Crippen molar-refractivity contribution >= 4 is 0 Å². The quantitative estimate of drug-likeness (QED) is 0.710. The van der Waals surface area contributed by atoms with Crippen LogP contribution in [0.5, 0.6) is 28.7 Å². The minimum atomic E-state index is -0.301. The molecule has 4 atom stereocenters. The van der Waals surface area contributed by atoms with Crippen LogP contribution in [-0.4, -0.2) is 35.3 Å². The zero-order valence-electron chi connectivity index (χ0n) is 13.8. The highest BCUT2D eigenvalue weighted by molar-refractivity contribution is 5.52. The summed E-state index contributed by atoms with van der Waals surface area (Å²) in [6.45, 7) is 1.11. The summed E-state index contributed by atoms with van der Waals surface area (Å²) in [4.78, 5) is 0. The van der Waals surface area contributed by atoms with E-state index in [-0.39, 0.29) is 48.1 Å². The van der Waals surface area contributed by atoms with E-state index in [4.69, 9.17) is 18.9 Å². The van der Waals surface area contributed by atoms with Gasteiger partial charge in [0.2, 0.25) is 6.79 Å². The molecule has 0 bridgehead atoms. The van der Waals surface area contributed by atoms with Crippen molar-refractivity contribution in [2.24, 2.45) is 11.8 Å². The molecule has 3 aliphatic heterocycles. The molecule has 2 fully saturated rings. The van der Waals surface area contributed by atoms with Crippen LogP contribution in [0.3, 0.4) is 0 Å². The Morgan fingerprint density at radius 2 is 1.42 bits per heavy atom. The topological polar surface area (TPSA) is 97.6 Å². The van der Waals surface area contributed by atoms with Crippen molar-refractivity contribution in [3.63, 3.8) is 0 Å². The first-order valence-corrected chi connectivity index (χ1v) is 8.49. The summed E-state index contributed by atoms with van der Waals surface area (Å²) in [5, 5.41) is 29.7. The van der Waals surface area contributed by atoms with Crippen LogP contribution in [0.25, 0.3) is 0 Å². The number of ether oxygens (including phenoxy) is 4. The van der Waals surface area contributed by atoms with Gasteiger partial charge in [-0.1, -0.05) is 6.07 Å². The second-order valence-corrected chi connectivity index (χ2v) is 6.85. The standard InChI is InChI=1S/C19H18O7/c20-13-2-1-9(3-15(13)22)18-11-6-24-19(12(11)7-23-18)10-4-16-17(5-14(10)21)26-8-25-16/h1-5,11-12,18-22H,6-8H2/t11-,12-,18+,19+/m0/s1. The maximum absolute atomic E-state index is 10.4. The number of phenols is 3. The largest absolute Gasteiger partial charge is 0.507 e. The number of aromatic hydroxyl groups is 3. The molecule has 7 heteroatoms. The number of fused-ring (bicyclic) bond motifs is 2. The molecule has 0 aromatic heterocycles. The third kappa shape index (κ3) is 2.28. The second-order valence-electron chi connectivity index (χ2n) is 6.85. The summed E-state index contributed by atoms with van der Waals surface area (Å²) < 4.78 is 22.7. The summed E-state index contributed by atoms with van der Waals surface area (Å²) in [6, 6.07) is 8.05. The Hall–Kier alpha value is -2.64. The van der Waals surface area contributed by atoms with Crippen LogP contribution < -0.4 is 9.47 Å². The van der Waals surface area contributed by atoms with Crippen LogP contribution in [0.2, 0.25) is 0 Å². The van der Waals surface area contributed by atoms with E-state index in [2.05, 4.69) is 0 Å². The van der Waals surface area contributed by atoms with Crippen LogP contribution in [0.15, 0.2) is 30.3 Å². The molecule has 7 nitrogen and oxygen atoms in total. The first kappa shape index (κ1) is 15.6. The minimum absolute atomic E-state index is 0.0715. The Balaban J connectivity index is 1.43. The predicted molar refractivity (Wildman–Crippen MR) is 88.4 cm³/mol. The lowest BCUT2D eigenvalue weighted by Gasteiger charge is -2.18. The molecule has 0 radical (unpaired) electrons. The Labute approximate surface area is 149 Å². The van der Waals surface area contributed by atoms with Crippen molar-refractivity contribution in [1.29, 1.82) is 0 Å². The van der Waals surface area contributed by atoms with Gasteiger partial charge in [0, 0.05) is 23.5 Å². The molecule has 26 heavy (non-hydrogen) atoms. The highest BCUT2D eigenvalue weighted by atomic mass is 16.7. The number of hydrogen-bond donors (Lipinski definition) is 3. The average molecular weight is 358 g/mol. The van der Waals surface area contributed by atoms with Crippen molar-refractivity contribution in [3.05, 3.63) is 41.5 Å². The first-order chi connectivity index (χ1) is 12.6. The van der Waals surface area contributed by atoms with Gasteiger partial charge in [0.05, 0.1) is 25.4 Å². The van der Waals surface area contributed by atoms with Gasteiger partial charge in [-0.3, -0.25) is 0 Å². The van der Waals surface area contributed by atoms with E-state index in [9.17, 15) is 15.3 Å². The maximum Gasteiger partial charge on any atom is 0.231 e. The highest BCUT2D eigenvalue weighted by Crippen LogP contribution is 2.53. The Kier molecular flexibility index (Phi) is 3.41.